The zero-order valence-corrected chi connectivity index (χ0v) is 22.9. The molecule has 0 radical (unpaired) electrons. The second-order valence-corrected chi connectivity index (χ2v) is 9.85. The second-order valence-electron chi connectivity index (χ2n) is 7.84. The van der Waals surface area contributed by atoms with Crippen molar-refractivity contribution in [3.63, 3.8) is 0 Å². The van der Waals surface area contributed by atoms with E-state index >= 15 is 0 Å². The molecule has 0 unspecified atom stereocenters. The molecule has 3 aromatic carbocycles. The van der Waals surface area contributed by atoms with E-state index in [0.717, 1.165) is 38.9 Å². The van der Waals surface area contributed by atoms with E-state index in [-0.39, 0.29) is 31.0 Å². The minimum absolute atomic E-state index is 0. The van der Waals surface area contributed by atoms with Crippen LogP contribution in [0.15, 0.2) is 102 Å². The zero-order valence-electron chi connectivity index (χ0n) is 20.3. The third-order valence-electron chi connectivity index (χ3n) is 5.47. The number of benzene rings is 3. The van der Waals surface area contributed by atoms with Gasteiger partial charge in [0.2, 0.25) is 0 Å². The van der Waals surface area contributed by atoms with Crippen molar-refractivity contribution in [3.8, 4) is 21.7 Å². The van der Waals surface area contributed by atoms with E-state index in [2.05, 4.69) is 58.8 Å². The van der Waals surface area contributed by atoms with Gasteiger partial charge >= 0.3 is 35.5 Å². The number of hydrogen-bond donors (Lipinski definition) is 1. The van der Waals surface area contributed by atoms with E-state index in [1.165, 1.54) is 4.88 Å². The number of anilines is 1. The van der Waals surface area contributed by atoms with Crippen LogP contribution in [0.2, 0.25) is 0 Å². The van der Waals surface area contributed by atoms with Gasteiger partial charge < -0.3 is 11.4 Å². The maximum atomic E-state index is 11.3. The van der Waals surface area contributed by atoms with Gasteiger partial charge in [0.05, 0.1) is 22.7 Å². The molecule has 0 bridgehead atoms. The summed E-state index contributed by atoms with van der Waals surface area (Å²) < 4.78 is 0. The van der Waals surface area contributed by atoms with Crippen molar-refractivity contribution in [2.45, 2.75) is 13.1 Å². The Balaban J connectivity index is 0.00000180. The Hall–Kier alpha value is -2.74. The molecule has 0 amide bonds. The molecule has 0 aliphatic carbocycles. The molecule has 5 rings (SSSR count). The van der Waals surface area contributed by atoms with Crippen molar-refractivity contribution in [1.29, 1.82) is 0 Å². The summed E-state index contributed by atoms with van der Waals surface area (Å²) in [5.74, 6) is -0.915. The molecule has 0 saturated carbocycles. The Morgan fingerprint density at radius 3 is 2.09 bits per heavy atom. The summed E-state index contributed by atoms with van der Waals surface area (Å²) in [5, 5.41) is 12.3. The molecule has 0 atom stereocenters. The summed E-state index contributed by atoms with van der Waals surface area (Å²) in [6.07, 6.45) is 0. The fourth-order valence-electron chi connectivity index (χ4n) is 3.78. The van der Waals surface area contributed by atoms with Gasteiger partial charge in [0.25, 0.3) is 0 Å². The number of aromatic carboxylic acids is 1. The van der Waals surface area contributed by atoms with E-state index in [1.807, 2.05) is 36.4 Å². The van der Waals surface area contributed by atoms with Crippen molar-refractivity contribution < 1.29 is 40.9 Å². The monoisotopic (exact) mass is 506 g/mol. The number of aromatic nitrogens is 1. The summed E-state index contributed by atoms with van der Waals surface area (Å²) in [6.45, 7) is 1.36. The number of thiazole rings is 1. The third kappa shape index (κ3) is 6.10. The molecule has 7 heteroatoms. The normalized spacial score (nSPS) is 10.5. The predicted octanol–water partition coefficient (Wildman–Crippen LogP) is 4.56. The van der Waals surface area contributed by atoms with Gasteiger partial charge in [0, 0.05) is 17.0 Å². The molecular weight excluding hydrogens is 483 g/mol. The third-order valence-corrected chi connectivity index (χ3v) is 7.50. The van der Waals surface area contributed by atoms with Gasteiger partial charge in [-0.05, 0) is 34.7 Å². The van der Waals surface area contributed by atoms with Gasteiger partial charge in [-0.1, -0.05) is 90.2 Å². The fraction of sp³-hybridized carbons (Fsp3) is 0.0714. The van der Waals surface area contributed by atoms with E-state index in [0.29, 0.717) is 12.1 Å². The maximum absolute atomic E-state index is 11.3. The number of carboxylic acids is 1. The molecule has 1 N–H and O–H groups in total. The molecule has 0 aliphatic rings. The average molecular weight is 507 g/mol. The van der Waals surface area contributed by atoms with Crippen LogP contribution in [0, 0.1) is 0 Å². The molecule has 2 aromatic heterocycles. The van der Waals surface area contributed by atoms with E-state index in [4.69, 9.17) is 4.98 Å². The van der Waals surface area contributed by atoms with Crippen LogP contribution in [-0.4, -0.2) is 16.1 Å². The molecule has 0 spiro atoms. The average Bonchev–Trinajstić information content (AvgIpc) is 3.55. The molecule has 0 aliphatic heterocycles. The Bertz CT molecular complexity index is 1320. The smallest absolute Gasteiger partial charge is 1.00 e. The number of nitrogens with zero attached hydrogens (tertiary/aromatic N) is 2. The van der Waals surface area contributed by atoms with E-state index < -0.39 is 5.97 Å². The van der Waals surface area contributed by atoms with Crippen LogP contribution in [0.4, 0.5) is 5.13 Å². The Kier molecular flexibility index (Phi) is 8.55. The molecular formula is C28H23N2NaO2S2. The summed E-state index contributed by atoms with van der Waals surface area (Å²) >= 11 is 3.41. The van der Waals surface area contributed by atoms with Crippen LogP contribution < -0.4 is 34.5 Å². The van der Waals surface area contributed by atoms with Crippen molar-refractivity contribution in [1.82, 2.24) is 4.98 Å². The van der Waals surface area contributed by atoms with Crippen LogP contribution in [0.3, 0.4) is 0 Å². The first-order valence-corrected chi connectivity index (χ1v) is 12.6. The Morgan fingerprint density at radius 1 is 0.829 bits per heavy atom. The number of carbonyl (C=O) groups is 1. The minimum atomic E-state index is -0.915. The van der Waals surface area contributed by atoms with Gasteiger partial charge in [0.1, 0.15) is 0 Å². The SMILES string of the molecule is O=C(O)c1ccc(CN(Cc2cccs2)c2nc(-c3ccccc3)c(-c3ccccc3)s2)cc1.[H-].[Na+]. The number of rotatable bonds is 8. The van der Waals surface area contributed by atoms with Crippen molar-refractivity contribution in [3.05, 3.63) is 118 Å². The van der Waals surface area contributed by atoms with Crippen LogP contribution >= 0.6 is 22.7 Å². The quantitative estimate of drug-likeness (QED) is 0.314. The fourth-order valence-corrected chi connectivity index (χ4v) is 5.59. The van der Waals surface area contributed by atoms with Gasteiger partial charge in [0.15, 0.2) is 5.13 Å². The first-order valence-electron chi connectivity index (χ1n) is 10.9. The zero-order chi connectivity index (χ0) is 23.3. The molecule has 5 aromatic rings. The summed E-state index contributed by atoms with van der Waals surface area (Å²) in [4.78, 5) is 21.1. The van der Waals surface area contributed by atoms with Crippen molar-refractivity contribution >= 4 is 33.8 Å². The summed E-state index contributed by atoms with van der Waals surface area (Å²) in [6, 6.07) is 31.9. The topological polar surface area (TPSA) is 53.4 Å². The van der Waals surface area contributed by atoms with Gasteiger partial charge in [-0.2, -0.15) is 0 Å². The molecule has 0 saturated heterocycles. The number of thiophene rings is 1. The summed E-state index contributed by atoms with van der Waals surface area (Å²) in [5.41, 5.74) is 4.54. The largest absolute Gasteiger partial charge is 1.00 e. The van der Waals surface area contributed by atoms with Gasteiger partial charge in [-0.15, -0.1) is 11.3 Å². The van der Waals surface area contributed by atoms with Crippen molar-refractivity contribution in [2.75, 3.05) is 4.90 Å². The molecule has 35 heavy (non-hydrogen) atoms. The Morgan fingerprint density at radius 2 is 1.49 bits per heavy atom. The van der Waals surface area contributed by atoms with E-state index in [9.17, 15) is 9.90 Å². The van der Waals surface area contributed by atoms with Gasteiger partial charge in [-0.25, -0.2) is 9.78 Å². The molecule has 0 fully saturated rings. The first kappa shape index (κ1) is 25.4. The second kappa shape index (κ2) is 11.8. The van der Waals surface area contributed by atoms with Crippen LogP contribution in [0.1, 0.15) is 22.2 Å². The first-order chi connectivity index (χ1) is 16.7. The minimum Gasteiger partial charge on any atom is -1.00 e. The maximum Gasteiger partial charge on any atom is 1.00 e. The van der Waals surface area contributed by atoms with E-state index in [1.54, 1.807) is 34.8 Å². The van der Waals surface area contributed by atoms with Crippen molar-refractivity contribution in [2.24, 2.45) is 0 Å². The number of carboxylic acid groups (broad SMARTS) is 1. The Labute approximate surface area is 236 Å². The van der Waals surface area contributed by atoms with Gasteiger partial charge in [-0.3, -0.25) is 0 Å². The number of hydrogen-bond acceptors (Lipinski definition) is 5. The van der Waals surface area contributed by atoms with Crippen LogP contribution in [0.5, 0.6) is 0 Å². The van der Waals surface area contributed by atoms with Crippen LogP contribution in [0.25, 0.3) is 21.7 Å². The standard InChI is InChI=1S/C28H22N2O2S2.Na.H/c31-27(32)23-15-13-20(14-16-23)18-30(19-24-12-7-17-33-24)28-29-25(21-8-3-1-4-9-21)26(34-28)22-10-5-2-6-11-22;;/h1-17H,18-19H2,(H,31,32);;/q;+1;-1. The molecule has 2 heterocycles. The summed E-state index contributed by atoms with van der Waals surface area (Å²) in [7, 11) is 0. The molecule has 170 valence electrons. The predicted molar refractivity (Wildman–Crippen MR) is 142 cm³/mol. The van der Waals surface area contributed by atoms with Crippen LogP contribution in [-0.2, 0) is 13.1 Å². The molecule has 4 nitrogen and oxygen atoms in total.